The second-order valence-electron chi connectivity index (χ2n) is 18.1. The molecule has 0 spiro atoms. The van der Waals surface area contributed by atoms with Gasteiger partial charge < -0.3 is 9.47 Å². The van der Waals surface area contributed by atoms with E-state index in [1.807, 2.05) is 0 Å². The molecule has 0 radical (unpaired) electrons. The highest BCUT2D eigenvalue weighted by molar-refractivity contribution is 6.09. The van der Waals surface area contributed by atoms with Gasteiger partial charge in [-0.05, 0) is 127 Å². The van der Waals surface area contributed by atoms with Crippen molar-refractivity contribution in [2.75, 3.05) is 4.90 Å². The SMILES string of the molecule is CC1(C)c2ccccc2-c2ccc(N(c3ccc(C4(c5ccc(-n6c7ccccc7c7ccccc76)cc5)c5ccccc5-c5ccccc54)cc3)c3ccc4ccccc4c3)cc21. The van der Waals surface area contributed by atoms with Gasteiger partial charge >= 0.3 is 0 Å². The topological polar surface area (TPSA) is 8.17 Å². The Balaban J connectivity index is 0.991. The van der Waals surface area contributed by atoms with E-state index in [0.717, 1.165) is 22.7 Å². The molecule has 0 bridgehead atoms. The van der Waals surface area contributed by atoms with Crippen molar-refractivity contribution in [2.24, 2.45) is 0 Å². The van der Waals surface area contributed by atoms with Crippen molar-refractivity contribution in [1.82, 2.24) is 4.57 Å². The monoisotopic (exact) mass is 816 g/mol. The zero-order valence-electron chi connectivity index (χ0n) is 35.8. The molecule has 0 amide bonds. The highest BCUT2D eigenvalue weighted by Crippen LogP contribution is 2.57. The maximum atomic E-state index is 2.44. The lowest BCUT2D eigenvalue weighted by atomic mass is 9.67. The summed E-state index contributed by atoms with van der Waals surface area (Å²) in [6.45, 7) is 4.73. The van der Waals surface area contributed by atoms with Crippen LogP contribution in [0.5, 0.6) is 0 Å². The van der Waals surface area contributed by atoms with E-state index in [0.29, 0.717) is 0 Å². The van der Waals surface area contributed by atoms with Crippen molar-refractivity contribution in [2.45, 2.75) is 24.7 Å². The van der Waals surface area contributed by atoms with Crippen LogP contribution in [0.25, 0.3) is 60.5 Å². The molecule has 11 aromatic rings. The summed E-state index contributed by atoms with van der Waals surface area (Å²) in [5.41, 5.74) is 19.4. The quantitative estimate of drug-likeness (QED) is 0.162. The average molecular weight is 817 g/mol. The molecular weight excluding hydrogens is 773 g/mol. The molecule has 0 aliphatic heterocycles. The number of para-hydroxylation sites is 2. The van der Waals surface area contributed by atoms with E-state index in [9.17, 15) is 0 Å². The van der Waals surface area contributed by atoms with E-state index in [1.54, 1.807) is 0 Å². The van der Waals surface area contributed by atoms with Crippen LogP contribution in [0.2, 0.25) is 0 Å². The van der Waals surface area contributed by atoms with Crippen LogP contribution in [0.15, 0.2) is 231 Å². The van der Waals surface area contributed by atoms with Gasteiger partial charge in [0.1, 0.15) is 0 Å². The summed E-state index contributed by atoms with van der Waals surface area (Å²) in [6, 6.07) is 85.9. The van der Waals surface area contributed by atoms with Crippen LogP contribution in [-0.4, -0.2) is 4.57 Å². The molecule has 2 nitrogen and oxygen atoms in total. The molecule has 0 N–H and O–H groups in total. The van der Waals surface area contributed by atoms with Crippen molar-refractivity contribution in [1.29, 1.82) is 0 Å². The Kier molecular flexibility index (Phi) is 7.90. The van der Waals surface area contributed by atoms with Crippen LogP contribution < -0.4 is 4.90 Å². The molecule has 2 aliphatic carbocycles. The lowest BCUT2D eigenvalue weighted by Gasteiger charge is -2.35. The van der Waals surface area contributed by atoms with Gasteiger partial charge in [0, 0.05) is 38.9 Å². The average Bonchev–Trinajstić information content (AvgIpc) is 3.93. The Morgan fingerprint density at radius 3 is 1.44 bits per heavy atom. The van der Waals surface area contributed by atoms with Crippen molar-refractivity contribution in [3.8, 4) is 27.9 Å². The second kappa shape index (κ2) is 13.8. The van der Waals surface area contributed by atoms with Crippen LogP contribution in [0.4, 0.5) is 17.1 Å². The third-order valence-corrected chi connectivity index (χ3v) is 14.5. The van der Waals surface area contributed by atoms with Gasteiger partial charge in [-0.2, -0.15) is 0 Å². The zero-order chi connectivity index (χ0) is 42.6. The van der Waals surface area contributed by atoms with Gasteiger partial charge in [-0.1, -0.05) is 184 Å². The van der Waals surface area contributed by atoms with Gasteiger partial charge in [0.05, 0.1) is 16.4 Å². The first-order valence-corrected chi connectivity index (χ1v) is 22.4. The van der Waals surface area contributed by atoms with Crippen LogP contribution in [0.1, 0.15) is 47.2 Å². The summed E-state index contributed by atoms with van der Waals surface area (Å²) in [4.78, 5) is 2.44. The fourth-order valence-corrected chi connectivity index (χ4v) is 11.5. The minimum Gasteiger partial charge on any atom is -0.310 e. The number of benzene rings is 10. The van der Waals surface area contributed by atoms with Gasteiger partial charge in [0.15, 0.2) is 0 Å². The molecule has 0 saturated carbocycles. The van der Waals surface area contributed by atoms with E-state index >= 15 is 0 Å². The summed E-state index contributed by atoms with van der Waals surface area (Å²) in [5.74, 6) is 0. The highest BCUT2D eigenvalue weighted by Gasteiger charge is 2.46. The summed E-state index contributed by atoms with van der Waals surface area (Å²) < 4.78 is 2.41. The number of nitrogens with zero attached hydrogens (tertiary/aromatic N) is 2. The molecule has 10 aromatic carbocycles. The number of fused-ring (bicyclic) bond motifs is 10. The van der Waals surface area contributed by atoms with Gasteiger partial charge in [0.2, 0.25) is 0 Å². The second-order valence-corrected chi connectivity index (χ2v) is 18.1. The molecule has 13 rings (SSSR count). The van der Waals surface area contributed by atoms with E-state index < -0.39 is 5.41 Å². The van der Waals surface area contributed by atoms with E-state index in [1.165, 1.54) is 88.2 Å². The first-order valence-electron chi connectivity index (χ1n) is 22.4. The molecule has 2 heteroatoms. The minimum absolute atomic E-state index is 0.117. The van der Waals surface area contributed by atoms with Gasteiger partial charge in [-0.3, -0.25) is 0 Å². The molecule has 1 aromatic heterocycles. The van der Waals surface area contributed by atoms with Crippen molar-refractivity contribution >= 4 is 49.6 Å². The molecule has 0 fully saturated rings. The lowest BCUT2D eigenvalue weighted by molar-refractivity contribution is 0.660. The van der Waals surface area contributed by atoms with Gasteiger partial charge in [-0.25, -0.2) is 0 Å². The number of hydrogen-bond acceptors (Lipinski definition) is 1. The number of rotatable bonds is 6. The molecule has 2 aliphatic rings. The predicted octanol–water partition coefficient (Wildman–Crippen LogP) is 16.1. The summed E-state index contributed by atoms with van der Waals surface area (Å²) in [5, 5.41) is 4.99. The van der Waals surface area contributed by atoms with Crippen molar-refractivity contribution < 1.29 is 0 Å². The van der Waals surface area contributed by atoms with Crippen LogP contribution in [0.3, 0.4) is 0 Å². The molecule has 0 atom stereocenters. The normalized spacial score (nSPS) is 14.0. The van der Waals surface area contributed by atoms with Gasteiger partial charge in [0.25, 0.3) is 0 Å². The summed E-state index contributed by atoms with van der Waals surface area (Å²) in [7, 11) is 0. The van der Waals surface area contributed by atoms with Crippen molar-refractivity contribution in [3.05, 3.63) is 264 Å². The molecule has 64 heavy (non-hydrogen) atoms. The lowest BCUT2D eigenvalue weighted by Crippen LogP contribution is -2.28. The Bertz CT molecular complexity index is 3540. The smallest absolute Gasteiger partial charge is 0.0713 e. The number of aromatic nitrogens is 1. The molecule has 302 valence electrons. The Labute approximate surface area is 374 Å². The fraction of sp³-hybridized carbons (Fsp3) is 0.0645. The van der Waals surface area contributed by atoms with Crippen molar-refractivity contribution in [3.63, 3.8) is 0 Å². The largest absolute Gasteiger partial charge is 0.310 e. The standard InChI is InChI=1S/C62H44N2/c1-61(2)55-22-10-5-17-49(55)52-38-37-48(40-58(52)61)63(47-32-27-41-15-3-4-16-42(41)39-47)45-33-28-43(29-34-45)62(56-23-11-6-18-50(56)51-19-7-12-24-57(51)62)44-30-35-46(36-31-44)64-59-25-13-8-20-53(59)54-21-9-14-26-60(54)64/h3-40H,1-2H3. The first kappa shape index (κ1) is 36.7. The Hall–Kier alpha value is -7.94. The predicted molar refractivity (Wildman–Crippen MR) is 268 cm³/mol. The third kappa shape index (κ3) is 5.14. The molecule has 0 unspecified atom stereocenters. The zero-order valence-corrected chi connectivity index (χ0v) is 35.8. The molecule has 0 saturated heterocycles. The number of anilines is 3. The van der Waals surface area contributed by atoms with Crippen LogP contribution in [0, 0.1) is 0 Å². The maximum Gasteiger partial charge on any atom is 0.0713 e. The van der Waals surface area contributed by atoms with E-state index in [-0.39, 0.29) is 5.41 Å². The molecule has 1 heterocycles. The third-order valence-electron chi connectivity index (χ3n) is 14.5. The first-order chi connectivity index (χ1) is 31.5. The van der Waals surface area contributed by atoms with E-state index in [4.69, 9.17) is 0 Å². The summed E-state index contributed by atoms with van der Waals surface area (Å²) >= 11 is 0. The van der Waals surface area contributed by atoms with E-state index in [2.05, 4.69) is 254 Å². The maximum absolute atomic E-state index is 2.44. The minimum atomic E-state index is -0.539. The van der Waals surface area contributed by atoms with Crippen LogP contribution in [-0.2, 0) is 10.8 Å². The van der Waals surface area contributed by atoms with Crippen LogP contribution >= 0.6 is 0 Å². The Morgan fingerprint density at radius 1 is 0.344 bits per heavy atom. The highest BCUT2D eigenvalue weighted by atomic mass is 15.1. The summed E-state index contributed by atoms with van der Waals surface area (Å²) in [6.07, 6.45) is 0. The molecular formula is C62H44N2. The Morgan fingerprint density at radius 2 is 0.797 bits per heavy atom. The number of hydrogen-bond donors (Lipinski definition) is 0. The fourth-order valence-electron chi connectivity index (χ4n) is 11.5. The van der Waals surface area contributed by atoms with Gasteiger partial charge in [-0.15, -0.1) is 0 Å².